The van der Waals surface area contributed by atoms with Gasteiger partial charge in [-0.1, -0.05) is 47.5 Å². The number of hydrogen-bond acceptors (Lipinski definition) is 5. The topological polar surface area (TPSA) is 78.5 Å². The van der Waals surface area contributed by atoms with E-state index in [9.17, 15) is 4.79 Å². The fraction of sp³-hybridized carbons (Fsp3) is 0.400. The minimum Gasteiger partial charge on any atom is -0.379 e. The van der Waals surface area contributed by atoms with Crippen molar-refractivity contribution in [2.45, 2.75) is 13.1 Å². The highest BCUT2D eigenvalue weighted by Crippen LogP contribution is 2.22. The van der Waals surface area contributed by atoms with Crippen LogP contribution in [-0.4, -0.2) is 55.3 Å². The molecule has 7 nitrogen and oxygen atoms in total. The first-order valence-electron chi connectivity index (χ1n) is 9.55. The molecule has 1 fully saturated rings. The van der Waals surface area contributed by atoms with Gasteiger partial charge < -0.3 is 20.7 Å². The minimum atomic E-state index is -0.219. The fourth-order valence-corrected chi connectivity index (χ4v) is 3.47. The smallest absolute Gasteiger partial charge is 0.315 e. The van der Waals surface area contributed by atoms with Gasteiger partial charge in [-0.3, -0.25) is 4.90 Å². The predicted molar refractivity (Wildman–Crippen MR) is 116 cm³/mol. The van der Waals surface area contributed by atoms with Crippen LogP contribution in [0.4, 0.5) is 10.6 Å². The van der Waals surface area contributed by atoms with E-state index in [1.54, 1.807) is 6.07 Å². The second kappa shape index (κ2) is 11.2. The van der Waals surface area contributed by atoms with Gasteiger partial charge in [-0.25, -0.2) is 9.78 Å². The Bertz CT molecular complexity index is 815. The summed E-state index contributed by atoms with van der Waals surface area (Å²) in [5.74, 6) is 0.537. The number of hydrogen-bond donors (Lipinski definition) is 3. The number of halogens is 2. The maximum atomic E-state index is 12.1. The first-order chi connectivity index (χ1) is 14.1. The van der Waals surface area contributed by atoms with E-state index < -0.39 is 0 Å². The van der Waals surface area contributed by atoms with Crippen LogP contribution in [0, 0.1) is 0 Å². The van der Waals surface area contributed by atoms with E-state index >= 15 is 0 Å². The number of aromatic nitrogens is 1. The van der Waals surface area contributed by atoms with Crippen LogP contribution in [0.3, 0.4) is 0 Å². The molecule has 0 atom stereocenters. The normalized spacial score (nSPS) is 14.4. The molecule has 0 aliphatic carbocycles. The molecule has 0 spiro atoms. The minimum absolute atomic E-state index is 0.219. The van der Waals surface area contributed by atoms with Crippen molar-refractivity contribution in [2.24, 2.45) is 0 Å². The van der Waals surface area contributed by atoms with E-state index in [1.165, 1.54) is 11.8 Å². The Morgan fingerprint density at radius 2 is 1.86 bits per heavy atom. The van der Waals surface area contributed by atoms with Crippen molar-refractivity contribution in [3.05, 3.63) is 57.7 Å². The van der Waals surface area contributed by atoms with Crippen molar-refractivity contribution in [1.82, 2.24) is 20.5 Å². The average molecular weight is 438 g/mol. The number of nitrogens with one attached hydrogen (secondary N) is 3. The molecule has 2 aromatic rings. The molecule has 2 amide bonds. The van der Waals surface area contributed by atoms with Crippen LogP contribution in [0.25, 0.3) is 0 Å². The molecule has 3 N–H and O–H groups in total. The van der Waals surface area contributed by atoms with Gasteiger partial charge >= 0.3 is 6.03 Å². The van der Waals surface area contributed by atoms with E-state index in [4.69, 9.17) is 27.9 Å². The molecule has 1 aliphatic rings. The van der Waals surface area contributed by atoms with Crippen LogP contribution in [0.2, 0.25) is 10.0 Å². The van der Waals surface area contributed by atoms with Gasteiger partial charge in [0, 0.05) is 45.5 Å². The largest absolute Gasteiger partial charge is 0.379 e. The summed E-state index contributed by atoms with van der Waals surface area (Å²) in [5.41, 5.74) is 2.34. The number of anilines is 1. The highest BCUT2D eigenvalue weighted by Gasteiger charge is 2.13. The number of benzene rings is 1. The van der Waals surface area contributed by atoms with Crippen LogP contribution in [-0.2, 0) is 17.8 Å². The second-order valence-corrected chi connectivity index (χ2v) is 7.52. The zero-order chi connectivity index (χ0) is 20.5. The highest BCUT2D eigenvalue weighted by atomic mass is 35.5. The maximum Gasteiger partial charge on any atom is 0.315 e. The summed E-state index contributed by atoms with van der Waals surface area (Å²) in [6, 6.07) is 9.57. The second-order valence-electron chi connectivity index (χ2n) is 6.68. The molecular weight excluding hydrogens is 413 g/mol. The van der Waals surface area contributed by atoms with Gasteiger partial charge in [0.05, 0.1) is 23.3 Å². The maximum absolute atomic E-state index is 12.1. The predicted octanol–water partition coefficient (Wildman–Crippen LogP) is 3.13. The lowest BCUT2D eigenvalue weighted by atomic mass is 10.1. The Hall–Kier alpha value is -2.06. The molecule has 0 unspecified atom stereocenters. The molecule has 29 heavy (non-hydrogen) atoms. The van der Waals surface area contributed by atoms with Gasteiger partial charge in [0.25, 0.3) is 0 Å². The summed E-state index contributed by atoms with van der Waals surface area (Å²) >= 11 is 11.9. The van der Waals surface area contributed by atoms with Crippen LogP contribution in [0.1, 0.15) is 11.1 Å². The summed E-state index contributed by atoms with van der Waals surface area (Å²) in [4.78, 5) is 18.6. The third-order valence-corrected chi connectivity index (χ3v) is 5.06. The zero-order valence-corrected chi connectivity index (χ0v) is 17.6. The van der Waals surface area contributed by atoms with Crippen LogP contribution in [0.5, 0.6) is 0 Å². The van der Waals surface area contributed by atoms with Gasteiger partial charge in [-0.2, -0.15) is 0 Å². The van der Waals surface area contributed by atoms with Crippen molar-refractivity contribution < 1.29 is 9.53 Å². The number of rotatable bonds is 8. The van der Waals surface area contributed by atoms with E-state index in [-0.39, 0.29) is 6.03 Å². The monoisotopic (exact) mass is 437 g/mol. The van der Waals surface area contributed by atoms with Crippen LogP contribution in [0.15, 0.2) is 36.5 Å². The Kier molecular flexibility index (Phi) is 8.37. The molecule has 0 saturated carbocycles. The molecule has 1 aliphatic heterocycles. The summed E-state index contributed by atoms with van der Waals surface area (Å²) in [5, 5.41) is 9.72. The van der Waals surface area contributed by atoms with E-state index in [0.29, 0.717) is 35.5 Å². The van der Waals surface area contributed by atoms with Gasteiger partial charge in [-0.15, -0.1) is 0 Å². The Morgan fingerprint density at radius 1 is 1.10 bits per heavy atom. The number of carbonyl (C=O) groups is 1. The highest BCUT2D eigenvalue weighted by molar-refractivity contribution is 6.35. The van der Waals surface area contributed by atoms with Crippen LogP contribution >= 0.6 is 23.2 Å². The summed E-state index contributed by atoms with van der Waals surface area (Å²) < 4.78 is 5.40. The molecule has 2 heterocycles. The fourth-order valence-electron chi connectivity index (χ4n) is 3.02. The van der Waals surface area contributed by atoms with E-state index in [1.807, 2.05) is 18.2 Å². The summed E-state index contributed by atoms with van der Waals surface area (Å²) in [6.07, 6.45) is 1.52. The standard InChI is InChI=1S/C20H25Cl2N5O2/c21-17-11-18(22)19(25-13-17)23-5-6-24-20(28)26-12-15-3-1-2-4-16(15)14-27-7-9-29-10-8-27/h1-4,11,13H,5-10,12,14H2,(H,23,25)(H2,24,26,28). The lowest BCUT2D eigenvalue weighted by molar-refractivity contribution is 0.0341. The average Bonchev–Trinajstić information content (AvgIpc) is 2.72. The third kappa shape index (κ3) is 7.04. The first kappa shape index (κ1) is 21.6. The van der Waals surface area contributed by atoms with Gasteiger partial charge in [0.15, 0.2) is 0 Å². The Morgan fingerprint density at radius 3 is 2.62 bits per heavy atom. The third-order valence-electron chi connectivity index (χ3n) is 4.57. The molecule has 0 radical (unpaired) electrons. The van der Waals surface area contributed by atoms with E-state index in [2.05, 4.69) is 31.9 Å². The Labute approximate surface area is 180 Å². The first-order valence-corrected chi connectivity index (χ1v) is 10.3. The Balaban J connectivity index is 1.40. The van der Waals surface area contributed by atoms with Crippen molar-refractivity contribution >= 4 is 35.1 Å². The number of carbonyl (C=O) groups excluding carboxylic acids is 1. The molecule has 1 aromatic carbocycles. The molecule has 0 bridgehead atoms. The SMILES string of the molecule is O=C(NCCNc1ncc(Cl)cc1Cl)NCc1ccccc1CN1CCOCC1. The molecule has 9 heteroatoms. The number of urea groups is 1. The molecule has 1 aromatic heterocycles. The summed E-state index contributed by atoms with van der Waals surface area (Å²) in [6.45, 7) is 5.67. The quantitative estimate of drug-likeness (QED) is 0.552. The number of nitrogens with zero attached hydrogens (tertiary/aromatic N) is 2. The number of ether oxygens (including phenoxy) is 1. The lowest BCUT2D eigenvalue weighted by Gasteiger charge is -2.27. The molecule has 3 rings (SSSR count). The van der Waals surface area contributed by atoms with Crippen LogP contribution < -0.4 is 16.0 Å². The molecule has 156 valence electrons. The lowest BCUT2D eigenvalue weighted by Crippen LogP contribution is -2.38. The van der Waals surface area contributed by atoms with Crippen molar-refractivity contribution in [2.75, 3.05) is 44.7 Å². The number of amides is 2. The summed E-state index contributed by atoms with van der Waals surface area (Å²) in [7, 11) is 0. The van der Waals surface area contributed by atoms with E-state index in [0.717, 1.165) is 38.4 Å². The number of pyridine rings is 1. The van der Waals surface area contributed by atoms with Gasteiger partial charge in [0.1, 0.15) is 5.82 Å². The zero-order valence-electron chi connectivity index (χ0n) is 16.1. The van der Waals surface area contributed by atoms with Gasteiger partial charge in [0.2, 0.25) is 0 Å². The molecular formula is C20H25Cl2N5O2. The van der Waals surface area contributed by atoms with Crippen molar-refractivity contribution in [1.29, 1.82) is 0 Å². The molecule has 1 saturated heterocycles. The van der Waals surface area contributed by atoms with Crippen molar-refractivity contribution in [3.8, 4) is 0 Å². The number of morpholine rings is 1. The van der Waals surface area contributed by atoms with Gasteiger partial charge in [-0.05, 0) is 17.2 Å². The van der Waals surface area contributed by atoms with Crippen molar-refractivity contribution in [3.63, 3.8) is 0 Å².